The number of hydrogen-bond donors (Lipinski definition) is 2. The van der Waals surface area contributed by atoms with E-state index in [2.05, 4.69) is 10.2 Å². The lowest BCUT2D eigenvalue weighted by atomic mass is 10.1. The highest BCUT2D eigenvalue weighted by Gasteiger charge is 2.14. The van der Waals surface area contributed by atoms with Gasteiger partial charge in [0.1, 0.15) is 5.82 Å². The van der Waals surface area contributed by atoms with Crippen LogP contribution in [0.5, 0.6) is 0 Å². The molecule has 2 N–H and O–H groups in total. The summed E-state index contributed by atoms with van der Waals surface area (Å²) in [4.78, 5) is 2.17. The summed E-state index contributed by atoms with van der Waals surface area (Å²) in [6, 6.07) is 4.98. The van der Waals surface area contributed by atoms with Crippen LogP contribution in [0.1, 0.15) is 17.2 Å². The zero-order valence-corrected chi connectivity index (χ0v) is 11.2. The quantitative estimate of drug-likeness (QED) is 0.833. The van der Waals surface area contributed by atoms with Gasteiger partial charge in [0, 0.05) is 31.7 Å². The molecule has 0 radical (unpaired) electrons. The lowest BCUT2D eigenvalue weighted by Gasteiger charge is -2.26. The third kappa shape index (κ3) is 3.98. The van der Waals surface area contributed by atoms with Crippen molar-refractivity contribution >= 4 is 0 Å². The third-order valence-corrected chi connectivity index (χ3v) is 3.36. The van der Waals surface area contributed by atoms with E-state index in [9.17, 15) is 9.50 Å². The Hall–Kier alpha value is -1.01. The molecule has 1 saturated heterocycles. The van der Waals surface area contributed by atoms with Gasteiger partial charge in [-0.05, 0) is 18.7 Å². The molecule has 0 aliphatic carbocycles. The normalized spacial score (nSPS) is 18.5. The minimum Gasteiger partial charge on any atom is -0.387 e. The van der Waals surface area contributed by atoms with E-state index in [1.807, 2.05) is 0 Å². The van der Waals surface area contributed by atoms with Gasteiger partial charge < -0.3 is 15.2 Å². The monoisotopic (exact) mass is 268 g/mol. The van der Waals surface area contributed by atoms with E-state index in [1.165, 1.54) is 6.07 Å². The predicted molar refractivity (Wildman–Crippen MR) is 71.4 cm³/mol. The number of ether oxygens (including phenoxy) is 1. The average molecular weight is 268 g/mol. The van der Waals surface area contributed by atoms with Crippen molar-refractivity contribution in [2.45, 2.75) is 12.6 Å². The fourth-order valence-corrected chi connectivity index (χ4v) is 2.21. The van der Waals surface area contributed by atoms with Crippen molar-refractivity contribution in [3.8, 4) is 0 Å². The standard InChI is InChI=1S/C14H21FN2O2/c1-16-9-14(18)11-2-3-12(13(15)8-11)10-17-4-6-19-7-5-17/h2-3,8,14,16,18H,4-7,9-10H2,1H3. The van der Waals surface area contributed by atoms with Gasteiger partial charge in [-0.1, -0.05) is 12.1 Å². The van der Waals surface area contributed by atoms with Crippen LogP contribution >= 0.6 is 0 Å². The molecule has 106 valence electrons. The molecule has 1 heterocycles. The lowest BCUT2D eigenvalue weighted by molar-refractivity contribution is 0.0337. The molecule has 0 bridgehead atoms. The Morgan fingerprint density at radius 2 is 2.16 bits per heavy atom. The predicted octanol–water partition coefficient (Wildman–Crippen LogP) is 0.911. The molecule has 1 aromatic carbocycles. The Bertz CT molecular complexity index is 408. The number of likely N-dealkylation sites (N-methyl/N-ethyl adjacent to an activating group) is 1. The number of halogens is 1. The first-order valence-corrected chi connectivity index (χ1v) is 6.62. The van der Waals surface area contributed by atoms with Gasteiger partial charge >= 0.3 is 0 Å². The van der Waals surface area contributed by atoms with Crippen LogP contribution in [-0.4, -0.2) is 49.9 Å². The smallest absolute Gasteiger partial charge is 0.128 e. The van der Waals surface area contributed by atoms with Gasteiger partial charge in [-0.15, -0.1) is 0 Å². The Balaban J connectivity index is 2.01. The van der Waals surface area contributed by atoms with Crippen LogP contribution in [0.15, 0.2) is 18.2 Å². The molecular formula is C14H21FN2O2. The van der Waals surface area contributed by atoms with E-state index < -0.39 is 6.10 Å². The van der Waals surface area contributed by atoms with Crippen LogP contribution in [0.4, 0.5) is 4.39 Å². The highest BCUT2D eigenvalue weighted by Crippen LogP contribution is 2.18. The molecule has 5 heteroatoms. The Labute approximate surface area is 113 Å². The summed E-state index contributed by atoms with van der Waals surface area (Å²) in [5, 5.41) is 12.7. The first-order valence-electron chi connectivity index (χ1n) is 6.62. The van der Waals surface area contributed by atoms with Gasteiger partial charge in [0.25, 0.3) is 0 Å². The van der Waals surface area contributed by atoms with E-state index >= 15 is 0 Å². The fourth-order valence-electron chi connectivity index (χ4n) is 2.21. The summed E-state index contributed by atoms with van der Waals surface area (Å²) in [7, 11) is 1.76. The molecule has 1 aliphatic heterocycles. The highest BCUT2D eigenvalue weighted by atomic mass is 19.1. The molecule has 2 rings (SSSR count). The van der Waals surface area contributed by atoms with Crippen LogP contribution in [0.25, 0.3) is 0 Å². The molecule has 0 amide bonds. The zero-order chi connectivity index (χ0) is 13.7. The number of aliphatic hydroxyl groups is 1. The number of morpholine rings is 1. The summed E-state index contributed by atoms with van der Waals surface area (Å²) in [6.45, 7) is 4.11. The number of benzene rings is 1. The number of hydrogen-bond acceptors (Lipinski definition) is 4. The van der Waals surface area contributed by atoms with Crippen LogP contribution in [-0.2, 0) is 11.3 Å². The fraction of sp³-hybridized carbons (Fsp3) is 0.571. The van der Waals surface area contributed by atoms with Crippen molar-refractivity contribution in [2.24, 2.45) is 0 Å². The summed E-state index contributed by atoms with van der Waals surface area (Å²) < 4.78 is 19.3. The van der Waals surface area contributed by atoms with Crippen LogP contribution < -0.4 is 5.32 Å². The lowest BCUT2D eigenvalue weighted by Crippen LogP contribution is -2.35. The Morgan fingerprint density at radius 3 is 2.79 bits per heavy atom. The maximum absolute atomic E-state index is 14.0. The molecule has 1 fully saturated rings. The van der Waals surface area contributed by atoms with Crippen molar-refractivity contribution in [1.29, 1.82) is 0 Å². The van der Waals surface area contributed by atoms with Crippen molar-refractivity contribution in [3.63, 3.8) is 0 Å². The number of aliphatic hydroxyl groups excluding tert-OH is 1. The summed E-state index contributed by atoms with van der Waals surface area (Å²) in [6.07, 6.45) is -0.670. The van der Waals surface area contributed by atoms with Crippen molar-refractivity contribution in [1.82, 2.24) is 10.2 Å². The molecule has 1 atom stereocenters. The Kier molecular flexibility index (Phi) is 5.27. The summed E-state index contributed by atoms with van der Waals surface area (Å²) >= 11 is 0. The topological polar surface area (TPSA) is 44.7 Å². The minimum absolute atomic E-state index is 0.251. The number of nitrogens with one attached hydrogen (secondary N) is 1. The molecule has 0 aromatic heterocycles. The summed E-state index contributed by atoms with van der Waals surface area (Å²) in [5.74, 6) is -0.251. The van der Waals surface area contributed by atoms with Crippen molar-refractivity contribution < 1.29 is 14.2 Å². The van der Waals surface area contributed by atoms with E-state index in [0.29, 0.717) is 37.4 Å². The van der Waals surface area contributed by atoms with Crippen molar-refractivity contribution in [2.75, 3.05) is 39.9 Å². The molecule has 0 saturated carbocycles. The van der Waals surface area contributed by atoms with E-state index in [0.717, 1.165) is 13.1 Å². The van der Waals surface area contributed by atoms with Gasteiger partial charge in [-0.3, -0.25) is 4.90 Å². The van der Waals surface area contributed by atoms with Gasteiger partial charge in [-0.2, -0.15) is 0 Å². The highest BCUT2D eigenvalue weighted by molar-refractivity contribution is 5.26. The van der Waals surface area contributed by atoms with Gasteiger partial charge in [0.05, 0.1) is 19.3 Å². The molecule has 1 aliphatic rings. The maximum atomic E-state index is 14.0. The van der Waals surface area contributed by atoms with Crippen LogP contribution in [0.2, 0.25) is 0 Å². The van der Waals surface area contributed by atoms with Gasteiger partial charge in [-0.25, -0.2) is 4.39 Å². The average Bonchev–Trinajstić information content (AvgIpc) is 2.42. The first kappa shape index (κ1) is 14.4. The molecule has 0 spiro atoms. The second-order valence-electron chi connectivity index (χ2n) is 4.81. The summed E-state index contributed by atoms with van der Waals surface area (Å²) in [5.41, 5.74) is 1.28. The zero-order valence-electron chi connectivity index (χ0n) is 11.2. The van der Waals surface area contributed by atoms with E-state index in [-0.39, 0.29) is 5.82 Å². The molecule has 4 nitrogen and oxygen atoms in total. The number of rotatable bonds is 5. The van der Waals surface area contributed by atoms with Crippen LogP contribution in [0.3, 0.4) is 0 Å². The minimum atomic E-state index is -0.670. The molecule has 19 heavy (non-hydrogen) atoms. The van der Waals surface area contributed by atoms with Gasteiger partial charge in [0.2, 0.25) is 0 Å². The molecular weight excluding hydrogens is 247 g/mol. The van der Waals surface area contributed by atoms with E-state index in [4.69, 9.17) is 4.74 Å². The van der Waals surface area contributed by atoms with Gasteiger partial charge in [0.15, 0.2) is 0 Å². The third-order valence-electron chi connectivity index (χ3n) is 3.36. The maximum Gasteiger partial charge on any atom is 0.128 e. The molecule has 1 aromatic rings. The Morgan fingerprint density at radius 1 is 1.42 bits per heavy atom. The second kappa shape index (κ2) is 6.96. The first-order chi connectivity index (χ1) is 9.20. The SMILES string of the molecule is CNCC(O)c1ccc(CN2CCOCC2)c(F)c1. The van der Waals surface area contributed by atoms with E-state index in [1.54, 1.807) is 19.2 Å². The largest absolute Gasteiger partial charge is 0.387 e. The van der Waals surface area contributed by atoms with Crippen LogP contribution in [0, 0.1) is 5.82 Å². The van der Waals surface area contributed by atoms with Crippen molar-refractivity contribution in [3.05, 3.63) is 35.1 Å². The number of nitrogens with zero attached hydrogens (tertiary/aromatic N) is 1. The second-order valence-corrected chi connectivity index (χ2v) is 4.81. The molecule has 1 unspecified atom stereocenters.